The van der Waals surface area contributed by atoms with E-state index in [1.807, 2.05) is 36.4 Å². The number of methoxy groups -OCH3 is 1. The maximum absolute atomic E-state index is 5.75. The first-order valence-corrected chi connectivity index (χ1v) is 6.67. The van der Waals surface area contributed by atoms with Gasteiger partial charge in [-0.2, -0.15) is 0 Å². The molecule has 0 unspecified atom stereocenters. The highest BCUT2D eigenvalue weighted by Gasteiger charge is 2.04. The second-order valence-electron chi connectivity index (χ2n) is 4.55. The normalized spacial score (nSPS) is 10.2. The Labute approximate surface area is 120 Å². The number of rotatable bonds is 6. The lowest BCUT2D eigenvalue weighted by atomic mass is 10.1. The fraction of sp³-hybridized carbons (Fsp3) is 0.294. The van der Waals surface area contributed by atoms with Crippen LogP contribution in [0.2, 0.25) is 0 Å². The number of aryl methyl sites for hydroxylation is 1. The molecule has 0 aliphatic carbocycles. The number of para-hydroxylation sites is 2. The smallest absolute Gasteiger partial charge is 0.161 e. The van der Waals surface area contributed by atoms with E-state index in [9.17, 15) is 0 Å². The van der Waals surface area contributed by atoms with E-state index in [0.29, 0.717) is 13.2 Å². The van der Waals surface area contributed by atoms with Crippen LogP contribution in [0, 0.1) is 13.8 Å². The molecule has 0 saturated carbocycles. The summed E-state index contributed by atoms with van der Waals surface area (Å²) in [4.78, 5) is 0. The van der Waals surface area contributed by atoms with Crippen molar-refractivity contribution in [3.8, 4) is 17.2 Å². The van der Waals surface area contributed by atoms with E-state index in [1.165, 1.54) is 11.1 Å². The Bertz CT molecular complexity index is 564. The molecule has 0 bridgehead atoms. The van der Waals surface area contributed by atoms with Gasteiger partial charge < -0.3 is 14.2 Å². The van der Waals surface area contributed by atoms with Gasteiger partial charge in [0.25, 0.3) is 0 Å². The molecule has 2 rings (SSSR count). The van der Waals surface area contributed by atoms with Crippen molar-refractivity contribution in [2.75, 3.05) is 20.3 Å². The van der Waals surface area contributed by atoms with Crippen molar-refractivity contribution in [1.29, 1.82) is 0 Å². The molecule has 0 N–H and O–H groups in total. The van der Waals surface area contributed by atoms with Crippen molar-refractivity contribution in [1.82, 2.24) is 0 Å². The fourth-order valence-electron chi connectivity index (χ4n) is 1.92. The van der Waals surface area contributed by atoms with Gasteiger partial charge in [-0.1, -0.05) is 24.3 Å². The highest BCUT2D eigenvalue weighted by molar-refractivity contribution is 5.39. The molecule has 0 amide bonds. The molecule has 0 saturated heterocycles. The summed E-state index contributed by atoms with van der Waals surface area (Å²) >= 11 is 0. The minimum atomic E-state index is 0.480. The van der Waals surface area contributed by atoms with Gasteiger partial charge in [0.2, 0.25) is 0 Å². The molecule has 0 aliphatic rings. The van der Waals surface area contributed by atoms with Crippen molar-refractivity contribution in [3.05, 3.63) is 53.6 Å². The predicted octanol–water partition coefficient (Wildman–Crippen LogP) is 3.77. The van der Waals surface area contributed by atoms with Crippen LogP contribution >= 0.6 is 0 Å². The first kappa shape index (κ1) is 14.3. The van der Waals surface area contributed by atoms with E-state index in [2.05, 4.69) is 19.9 Å². The van der Waals surface area contributed by atoms with Gasteiger partial charge in [0.05, 0.1) is 7.11 Å². The summed E-state index contributed by atoms with van der Waals surface area (Å²) in [7, 11) is 1.63. The zero-order valence-electron chi connectivity index (χ0n) is 12.2. The highest BCUT2D eigenvalue weighted by atomic mass is 16.5. The summed E-state index contributed by atoms with van der Waals surface area (Å²) in [6.45, 7) is 5.12. The van der Waals surface area contributed by atoms with Crippen LogP contribution in [0.1, 0.15) is 11.1 Å². The monoisotopic (exact) mass is 272 g/mol. The summed E-state index contributed by atoms with van der Waals surface area (Å²) in [5.41, 5.74) is 2.40. The molecule has 3 heteroatoms. The summed E-state index contributed by atoms with van der Waals surface area (Å²) in [5, 5.41) is 0. The summed E-state index contributed by atoms with van der Waals surface area (Å²) < 4.78 is 16.6. The lowest BCUT2D eigenvalue weighted by Crippen LogP contribution is -2.10. The van der Waals surface area contributed by atoms with E-state index in [4.69, 9.17) is 14.2 Å². The first-order chi connectivity index (χ1) is 9.72. The second-order valence-corrected chi connectivity index (χ2v) is 4.55. The summed E-state index contributed by atoms with van der Waals surface area (Å²) in [6.07, 6.45) is 0. The standard InChI is InChI=1S/C17H20O3/c1-13-7-6-10-15(14(13)2)19-11-12-20-17-9-5-4-8-16(17)18-3/h4-10H,11-12H2,1-3H3. The Hall–Kier alpha value is -2.16. The molecule has 3 nitrogen and oxygen atoms in total. The Morgan fingerprint density at radius 2 is 1.35 bits per heavy atom. The third kappa shape index (κ3) is 3.44. The molecule has 0 heterocycles. The van der Waals surface area contributed by atoms with E-state index < -0.39 is 0 Å². The molecule has 0 fully saturated rings. The summed E-state index contributed by atoms with van der Waals surface area (Å²) in [5.74, 6) is 2.38. The molecular weight excluding hydrogens is 252 g/mol. The Morgan fingerprint density at radius 1 is 0.750 bits per heavy atom. The highest BCUT2D eigenvalue weighted by Crippen LogP contribution is 2.25. The van der Waals surface area contributed by atoms with Crippen molar-refractivity contribution in [2.45, 2.75) is 13.8 Å². The van der Waals surface area contributed by atoms with Crippen molar-refractivity contribution in [2.24, 2.45) is 0 Å². The van der Waals surface area contributed by atoms with Crippen molar-refractivity contribution >= 4 is 0 Å². The van der Waals surface area contributed by atoms with Gasteiger partial charge in [-0.15, -0.1) is 0 Å². The second kappa shape index (κ2) is 6.85. The Kier molecular flexibility index (Phi) is 4.88. The SMILES string of the molecule is COc1ccccc1OCCOc1cccc(C)c1C. The summed E-state index contributed by atoms with van der Waals surface area (Å²) in [6, 6.07) is 13.6. The van der Waals surface area contributed by atoms with Crippen LogP contribution in [0.5, 0.6) is 17.2 Å². The van der Waals surface area contributed by atoms with Crippen LogP contribution in [0.15, 0.2) is 42.5 Å². The van der Waals surface area contributed by atoms with Crippen LogP contribution in [-0.4, -0.2) is 20.3 Å². The minimum Gasteiger partial charge on any atom is -0.493 e. The maximum atomic E-state index is 5.75. The van der Waals surface area contributed by atoms with Gasteiger partial charge >= 0.3 is 0 Å². The van der Waals surface area contributed by atoms with Crippen molar-refractivity contribution in [3.63, 3.8) is 0 Å². The number of ether oxygens (including phenoxy) is 3. The Morgan fingerprint density at radius 3 is 2.05 bits per heavy atom. The van der Waals surface area contributed by atoms with E-state index in [0.717, 1.165) is 17.2 Å². The van der Waals surface area contributed by atoms with Crippen LogP contribution in [0.4, 0.5) is 0 Å². The van der Waals surface area contributed by atoms with Crippen molar-refractivity contribution < 1.29 is 14.2 Å². The minimum absolute atomic E-state index is 0.480. The molecule has 0 spiro atoms. The number of benzene rings is 2. The average molecular weight is 272 g/mol. The van der Waals surface area contributed by atoms with E-state index >= 15 is 0 Å². The zero-order valence-corrected chi connectivity index (χ0v) is 12.2. The average Bonchev–Trinajstić information content (AvgIpc) is 2.48. The lowest BCUT2D eigenvalue weighted by molar-refractivity contribution is 0.210. The largest absolute Gasteiger partial charge is 0.493 e. The van der Waals surface area contributed by atoms with Crippen LogP contribution < -0.4 is 14.2 Å². The van der Waals surface area contributed by atoms with Gasteiger partial charge in [0.15, 0.2) is 11.5 Å². The lowest BCUT2D eigenvalue weighted by Gasteiger charge is -2.13. The number of hydrogen-bond acceptors (Lipinski definition) is 3. The molecule has 0 aromatic heterocycles. The van der Waals surface area contributed by atoms with E-state index in [-0.39, 0.29) is 0 Å². The number of hydrogen-bond donors (Lipinski definition) is 0. The molecular formula is C17H20O3. The molecule has 2 aromatic rings. The zero-order chi connectivity index (χ0) is 14.4. The van der Waals surface area contributed by atoms with Crippen LogP contribution in [0.3, 0.4) is 0 Å². The van der Waals surface area contributed by atoms with Gasteiger partial charge in [0.1, 0.15) is 19.0 Å². The molecule has 20 heavy (non-hydrogen) atoms. The van der Waals surface area contributed by atoms with Crippen LogP contribution in [0.25, 0.3) is 0 Å². The van der Waals surface area contributed by atoms with Gasteiger partial charge in [-0.05, 0) is 43.2 Å². The van der Waals surface area contributed by atoms with Crippen LogP contribution in [-0.2, 0) is 0 Å². The van der Waals surface area contributed by atoms with Gasteiger partial charge in [-0.3, -0.25) is 0 Å². The quantitative estimate of drug-likeness (QED) is 0.749. The molecule has 2 aromatic carbocycles. The fourth-order valence-corrected chi connectivity index (χ4v) is 1.92. The first-order valence-electron chi connectivity index (χ1n) is 6.67. The van der Waals surface area contributed by atoms with Gasteiger partial charge in [0, 0.05) is 0 Å². The van der Waals surface area contributed by atoms with Gasteiger partial charge in [-0.25, -0.2) is 0 Å². The molecule has 0 radical (unpaired) electrons. The topological polar surface area (TPSA) is 27.7 Å². The molecule has 0 atom stereocenters. The third-order valence-electron chi connectivity index (χ3n) is 3.22. The third-order valence-corrected chi connectivity index (χ3v) is 3.22. The molecule has 106 valence electrons. The molecule has 0 aliphatic heterocycles. The maximum Gasteiger partial charge on any atom is 0.161 e. The van der Waals surface area contributed by atoms with E-state index in [1.54, 1.807) is 7.11 Å². The predicted molar refractivity (Wildman–Crippen MR) is 79.9 cm³/mol. The Balaban J connectivity index is 1.86.